The van der Waals surface area contributed by atoms with Crippen LogP contribution in [0.15, 0.2) is 24.3 Å². The summed E-state index contributed by atoms with van der Waals surface area (Å²) in [6.07, 6.45) is 1.48. The van der Waals surface area contributed by atoms with Crippen LogP contribution in [0, 0.1) is 5.92 Å². The first-order chi connectivity index (χ1) is 11.6. The maximum Gasteiger partial charge on any atom is 0.308 e. The fraction of sp³-hybridized carbons (Fsp3) is 0.471. The minimum atomic E-state index is -0.146. The van der Waals surface area contributed by atoms with Crippen LogP contribution in [0.5, 0.6) is 0 Å². The van der Waals surface area contributed by atoms with Crippen LogP contribution in [0.1, 0.15) is 12.8 Å². The molecule has 0 radical (unpaired) electrons. The summed E-state index contributed by atoms with van der Waals surface area (Å²) < 4.78 is 5.87. The van der Waals surface area contributed by atoms with Crippen molar-refractivity contribution in [2.45, 2.75) is 12.8 Å². The summed E-state index contributed by atoms with van der Waals surface area (Å²) in [7, 11) is 3.19. The smallest absolute Gasteiger partial charge is 0.308 e. The molecule has 0 atom stereocenters. The molecule has 1 amide bonds. The summed E-state index contributed by atoms with van der Waals surface area (Å²) >= 11 is 1.52. The van der Waals surface area contributed by atoms with E-state index in [0.29, 0.717) is 11.7 Å². The number of benzene rings is 1. The molecule has 128 valence electrons. The number of likely N-dealkylation sites (N-methyl/N-ethyl adjacent to an activating group) is 1. The predicted octanol–water partition coefficient (Wildman–Crippen LogP) is 2.14. The monoisotopic (exact) mass is 347 g/mol. The molecule has 0 unspecified atom stereocenters. The highest BCUT2D eigenvalue weighted by Gasteiger charge is 2.27. The fourth-order valence-electron chi connectivity index (χ4n) is 2.90. The Morgan fingerprint density at radius 3 is 2.71 bits per heavy atom. The number of aromatic nitrogens is 1. The fourth-order valence-corrected chi connectivity index (χ4v) is 3.85. The Morgan fingerprint density at radius 2 is 2.04 bits per heavy atom. The van der Waals surface area contributed by atoms with Gasteiger partial charge in [0.2, 0.25) is 5.91 Å². The lowest BCUT2D eigenvalue weighted by molar-refractivity contribution is -0.147. The van der Waals surface area contributed by atoms with Gasteiger partial charge in [0.05, 0.1) is 29.8 Å². The van der Waals surface area contributed by atoms with Gasteiger partial charge in [-0.3, -0.25) is 19.4 Å². The van der Waals surface area contributed by atoms with E-state index in [-0.39, 0.29) is 17.8 Å². The number of amides is 1. The molecule has 1 aliphatic rings. The Kier molecular flexibility index (Phi) is 5.11. The van der Waals surface area contributed by atoms with E-state index in [2.05, 4.69) is 9.88 Å². The van der Waals surface area contributed by atoms with Gasteiger partial charge in [0.15, 0.2) is 5.13 Å². The summed E-state index contributed by atoms with van der Waals surface area (Å²) in [5.74, 6) is -0.165. The Hall–Kier alpha value is -1.99. The van der Waals surface area contributed by atoms with Crippen molar-refractivity contribution in [3.63, 3.8) is 0 Å². The number of hydrogen-bond acceptors (Lipinski definition) is 6. The summed E-state index contributed by atoms with van der Waals surface area (Å²) in [5.41, 5.74) is 0.913. The zero-order chi connectivity index (χ0) is 17.1. The highest BCUT2D eigenvalue weighted by atomic mass is 32.1. The molecule has 0 spiro atoms. The van der Waals surface area contributed by atoms with Crippen molar-refractivity contribution in [3.8, 4) is 0 Å². The number of para-hydroxylation sites is 1. The Bertz CT molecular complexity index is 705. The molecule has 0 aliphatic carbocycles. The lowest BCUT2D eigenvalue weighted by Crippen LogP contribution is -2.43. The van der Waals surface area contributed by atoms with Crippen LogP contribution >= 0.6 is 11.3 Å². The number of carbonyl (C=O) groups excluding carboxylic acids is 2. The molecule has 0 N–H and O–H groups in total. The molecule has 0 bridgehead atoms. The van der Waals surface area contributed by atoms with Crippen LogP contribution in [-0.4, -0.2) is 55.6 Å². The van der Waals surface area contributed by atoms with Gasteiger partial charge in [-0.15, -0.1) is 0 Å². The van der Waals surface area contributed by atoms with Gasteiger partial charge in [0.25, 0.3) is 0 Å². The summed E-state index contributed by atoms with van der Waals surface area (Å²) in [4.78, 5) is 32.3. The van der Waals surface area contributed by atoms with Crippen LogP contribution < -0.4 is 4.90 Å². The van der Waals surface area contributed by atoms with Crippen LogP contribution in [0.4, 0.5) is 5.13 Å². The molecular formula is C17H21N3O3S. The van der Waals surface area contributed by atoms with E-state index in [0.717, 1.165) is 36.1 Å². The molecule has 2 aromatic rings. The number of fused-ring (bicyclic) bond motifs is 1. The number of esters is 1. The van der Waals surface area contributed by atoms with Crippen molar-refractivity contribution in [2.75, 3.05) is 38.7 Å². The highest BCUT2D eigenvalue weighted by Crippen LogP contribution is 2.28. The number of thiazole rings is 1. The maximum absolute atomic E-state index is 12.5. The second-order valence-electron chi connectivity index (χ2n) is 5.99. The van der Waals surface area contributed by atoms with Gasteiger partial charge < -0.3 is 4.74 Å². The second-order valence-corrected chi connectivity index (χ2v) is 7.00. The summed E-state index contributed by atoms with van der Waals surface area (Å²) in [5, 5.41) is 0.714. The average molecular weight is 347 g/mol. The van der Waals surface area contributed by atoms with Crippen molar-refractivity contribution >= 4 is 38.6 Å². The molecule has 0 saturated carbocycles. The number of methoxy groups -OCH3 is 1. The predicted molar refractivity (Wildman–Crippen MR) is 94.2 cm³/mol. The van der Waals surface area contributed by atoms with E-state index in [4.69, 9.17) is 4.74 Å². The molecule has 1 saturated heterocycles. The molecule has 6 nitrogen and oxygen atoms in total. The van der Waals surface area contributed by atoms with Crippen molar-refractivity contribution in [1.82, 2.24) is 9.88 Å². The standard InChI is InChI=1S/C17H21N3O3S/c1-19(17-18-13-5-3-4-6-14(13)24-17)15(21)11-20-9-7-12(8-10-20)16(22)23-2/h3-6,12H,7-11H2,1-2H3. The van der Waals surface area contributed by atoms with Crippen LogP contribution in [-0.2, 0) is 14.3 Å². The van der Waals surface area contributed by atoms with E-state index in [1.165, 1.54) is 18.4 Å². The minimum Gasteiger partial charge on any atom is -0.469 e. The maximum atomic E-state index is 12.5. The third kappa shape index (κ3) is 3.57. The first-order valence-corrected chi connectivity index (χ1v) is 8.82. The molecule has 24 heavy (non-hydrogen) atoms. The average Bonchev–Trinajstić information content (AvgIpc) is 3.05. The van der Waals surface area contributed by atoms with Crippen LogP contribution in [0.25, 0.3) is 10.2 Å². The van der Waals surface area contributed by atoms with Crippen LogP contribution in [0.2, 0.25) is 0 Å². The van der Waals surface area contributed by atoms with Gasteiger partial charge in [-0.25, -0.2) is 4.98 Å². The first kappa shape index (κ1) is 16.9. The third-order valence-electron chi connectivity index (χ3n) is 4.42. The molecule has 1 aliphatic heterocycles. The van der Waals surface area contributed by atoms with Gasteiger partial charge in [0, 0.05) is 7.05 Å². The second kappa shape index (κ2) is 7.27. The quantitative estimate of drug-likeness (QED) is 0.793. The first-order valence-electron chi connectivity index (χ1n) is 8.01. The van der Waals surface area contributed by atoms with E-state index >= 15 is 0 Å². The van der Waals surface area contributed by atoms with Gasteiger partial charge >= 0.3 is 5.97 Å². The SMILES string of the molecule is COC(=O)C1CCN(CC(=O)N(C)c2nc3ccccc3s2)CC1. The van der Waals surface area contributed by atoms with Crippen molar-refractivity contribution in [3.05, 3.63) is 24.3 Å². The lowest BCUT2D eigenvalue weighted by atomic mass is 9.97. The number of anilines is 1. The molecule has 2 heterocycles. The van der Waals surface area contributed by atoms with Crippen molar-refractivity contribution in [1.29, 1.82) is 0 Å². The van der Waals surface area contributed by atoms with Gasteiger partial charge in [-0.1, -0.05) is 23.5 Å². The number of nitrogens with zero attached hydrogens (tertiary/aromatic N) is 3. The van der Waals surface area contributed by atoms with E-state index in [1.807, 2.05) is 24.3 Å². The van der Waals surface area contributed by atoms with Crippen molar-refractivity contribution < 1.29 is 14.3 Å². The molecule has 7 heteroatoms. The normalized spacial score (nSPS) is 16.2. The topological polar surface area (TPSA) is 62.7 Å². The highest BCUT2D eigenvalue weighted by molar-refractivity contribution is 7.22. The van der Waals surface area contributed by atoms with E-state index in [9.17, 15) is 9.59 Å². The van der Waals surface area contributed by atoms with Gasteiger partial charge in [-0.2, -0.15) is 0 Å². The molecule has 3 rings (SSSR count). The minimum absolute atomic E-state index is 0.0191. The molecular weight excluding hydrogens is 326 g/mol. The summed E-state index contributed by atoms with van der Waals surface area (Å²) in [6, 6.07) is 7.87. The summed E-state index contributed by atoms with van der Waals surface area (Å²) in [6.45, 7) is 1.82. The zero-order valence-electron chi connectivity index (χ0n) is 13.9. The van der Waals surface area contributed by atoms with Crippen LogP contribution in [0.3, 0.4) is 0 Å². The number of piperidine rings is 1. The largest absolute Gasteiger partial charge is 0.469 e. The Balaban J connectivity index is 1.58. The lowest BCUT2D eigenvalue weighted by Gasteiger charge is -2.30. The van der Waals surface area contributed by atoms with Gasteiger partial charge in [0.1, 0.15) is 0 Å². The van der Waals surface area contributed by atoms with Gasteiger partial charge in [-0.05, 0) is 38.1 Å². The third-order valence-corrected chi connectivity index (χ3v) is 5.54. The number of likely N-dealkylation sites (tertiary alicyclic amines) is 1. The van der Waals surface area contributed by atoms with E-state index in [1.54, 1.807) is 11.9 Å². The molecule has 1 aromatic heterocycles. The number of ether oxygens (including phenoxy) is 1. The van der Waals surface area contributed by atoms with Crippen molar-refractivity contribution in [2.24, 2.45) is 5.92 Å². The number of carbonyl (C=O) groups is 2. The number of hydrogen-bond donors (Lipinski definition) is 0. The Labute approximate surface area is 145 Å². The van der Waals surface area contributed by atoms with E-state index < -0.39 is 0 Å². The zero-order valence-corrected chi connectivity index (χ0v) is 14.7. The molecule has 1 aromatic carbocycles. The number of rotatable bonds is 4. The molecule has 1 fully saturated rings. The Morgan fingerprint density at radius 1 is 1.33 bits per heavy atom.